The van der Waals surface area contributed by atoms with Crippen molar-refractivity contribution in [3.63, 3.8) is 0 Å². The average Bonchev–Trinajstić information content (AvgIpc) is 3.30. The zero-order valence-corrected chi connectivity index (χ0v) is 16.4. The van der Waals surface area contributed by atoms with Gasteiger partial charge in [0.25, 0.3) is 0 Å². The van der Waals surface area contributed by atoms with Crippen molar-refractivity contribution in [3.05, 3.63) is 54.0 Å². The van der Waals surface area contributed by atoms with Crippen molar-refractivity contribution >= 4 is 17.0 Å². The highest BCUT2D eigenvalue weighted by molar-refractivity contribution is 5.75. The van der Waals surface area contributed by atoms with Crippen LogP contribution in [0.5, 0.6) is 0 Å². The maximum atomic E-state index is 13.4. The monoisotopic (exact) mass is 391 g/mol. The number of nitrogens with one attached hydrogen (secondary N) is 1. The summed E-state index contributed by atoms with van der Waals surface area (Å²) in [6.07, 6.45) is 5.69. The number of rotatable bonds is 3. The van der Waals surface area contributed by atoms with E-state index in [1.165, 1.54) is 12.1 Å². The molecule has 5 rings (SSSR count). The summed E-state index contributed by atoms with van der Waals surface area (Å²) in [7, 11) is 1.91. The van der Waals surface area contributed by atoms with Crippen LogP contribution in [0.1, 0.15) is 30.3 Å². The minimum absolute atomic E-state index is 0.247. The molecule has 7 nitrogen and oxygen atoms in total. The Morgan fingerprint density at radius 1 is 1.14 bits per heavy atom. The van der Waals surface area contributed by atoms with Crippen LogP contribution in [0, 0.1) is 12.7 Å². The van der Waals surface area contributed by atoms with Crippen molar-refractivity contribution in [2.24, 2.45) is 7.05 Å². The first kappa shape index (κ1) is 17.8. The molecule has 1 aliphatic rings. The van der Waals surface area contributed by atoms with Crippen LogP contribution in [0.25, 0.3) is 22.3 Å². The van der Waals surface area contributed by atoms with Gasteiger partial charge in [-0.3, -0.25) is 4.68 Å². The van der Waals surface area contributed by atoms with Gasteiger partial charge in [-0.2, -0.15) is 5.10 Å². The zero-order chi connectivity index (χ0) is 20.0. The van der Waals surface area contributed by atoms with Crippen molar-refractivity contribution in [1.82, 2.24) is 29.7 Å². The number of piperidine rings is 1. The Morgan fingerprint density at radius 2 is 1.97 bits per heavy atom. The van der Waals surface area contributed by atoms with E-state index in [0.717, 1.165) is 65.7 Å². The molecule has 0 atom stereocenters. The molecule has 0 spiro atoms. The lowest BCUT2D eigenvalue weighted by Gasteiger charge is -2.31. The molecule has 0 saturated carbocycles. The summed E-state index contributed by atoms with van der Waals surface area (Å²) in [6, 6.07) is 6.60. The van der Waals surface area contributed by atoms with E-state index in [-0.39, 0.29) is 5.82 Å². The van der Waals surface area contributed by atoms with Crippen LogP contribution in [-0.4, -0.2) is 42.8 Å². The number of imidazole rings is 1. The fraction of sp³-hybridized carbons (Fsp3) is 0.333. The summed E-state index contributed by atoms with van der Waals surface area (Å²) in [4.78, 5) is 19.4. The Hall–Kier alpha value is -3.29. The van der Waals surface area contributed by atoms with Gasteiger partial charge in [0, 0.05) is 44.0 Å². The van der Waals surface area contributed by atoms with Gasteiger partial charge in [-0.05, 0) is 44.0 Å². The van der Waals surface area contributed by atoms with Crippen molar-refractivity contribution in [2.45, 2.75) is 25.7 Å². The molecule has 0 bridgehead atoms. The molecule has 1 saturated heterocycles. The lowest BCUT2D eigenvalue weighted by atomic mass is 9.96. The standard InChI is InChI=1S/C21H22FN7/c1-13-16(12-28(2)27-13)17-5-8-23-21(26-17)29-9-6-14(7-10-29)20-24-18-4-3-15(22)11-19(18)25-20/h3-5,8,11-12,14H,6-7,9-10H2,1-2H3,(H,24,25). The predicted octanol–water partition coefficient (Wildman–Crippen LogP) is 3.58. The first-order chi connectivity index (χ1) is 14.1. The molecule has 3 aromatic heterocycles. The van der Waals surface area contributed by atoms with Gasteiger partial charge in [0.15, 0.2) is 0 Å². The van der Waals surface area contributed by atoms with E-state index >= 15 is 0 Å². The number of aryl methyl sites for hydroxylation is 2. The molecule has 0 radical (unpaired) electrons. The van der Waals surface area contributed by atoms with E-state index in [4.69, 9.17) is 4.98 Å². The summed E-state index contributed by atoms with van der Waals surface area (Å²) in [5, 5.41) is 4.41. The first-order valence-electron chi connectivity index (χ1n) is 9.80. The van der Waals surface area contributed by atoms with Crippen LogP contribution in [0.3, 0.4) is 0 Å². The fourth-order valence-corrected chi connectivity index (χ4v) is 4.05. The number of aromatic amines is 1. The van der Waals surface area contributed by atoms with Crippen LogP contribution < -0.4 is 4.90 Å². The second kappa shape index (κ2) is 6.95. The fourth-order valence-electron chi connectivity index (χ4n) is 4.05. The van der Waals surface area contributed by atoms with Crippen LogP contribution in [0.2, 0.25) is 0 Å². The molecule has 0 aliphatic carbocycles. The van der Waals surface area contributed by atoms with Crippen LogP contribution in [0.4, 0.5) is 10.3 Å². The topological polar surface area (TPSA) is 75.5 Å². The molecule has 8 heteroatoms. The Balaban J connectivity index is 1.32. The summed E-state index contributed by atoms with van der Waals surface area (Å²) in [5.74, 6) is 1.76. The van der Waals surface area contributed by atoms with Crippen molar-refractivity contribution in [2.75, 3.05) is 18.0 Å². The highest BCUT2D eigenvalue weighted by Gasteiger charge is 2.25. The molecule has 29 heavy (non-hydrogen) atoms. The van der Waals surface area contributed by atoms with Gasteiger partial charge in [0.05, 0.1) is 22.4 Å². The number of halogens is 1. The van der Waals surface area contributed by atoms with Gasteiger partial charge >= 0.3 is 0 Å². The number of anilines is 1. The van der Waals surface area contributed by atoms with Gasteiger partial charge in [0.2, 0.25) is 5.95 Å². The van der Waals surface area contributed by atoms with Crippen molar-refractivity contribution in [3.8, 4) is 11.3 Å². The van der Waals surface area contributed by atoms with E-state index in [0.29, 0.717) is 5.92 Å². The Kier molecular flexibility index (Phi) is 4.26. The Labute approximate surface area is 167 Å². The van der Waals surface area contributed by atoms with Crippen LogP contribution in [0.15, 0.2) is 36.7 Å². The summed E-state index contributed by atoms with van der Waals surface area (Å²) >= 11 is 0. The molecular weight excluding hydrogens is 369 g/mol. The number of hydrogen-bond acceptors (Lipinski definition) is 5. The van der Waals surface area contributed by atoms with Crippen molar-refractivity contribution in [1.29, 1.82) is 0 Å². The zero-order valence-electron chi connectivity index (χ0n) is 16.4. The van der Waals surface area contributed by atoms with Gasteiger partial charge < -0.3 is 9.88 Å². The molecule has 4 aromatic rings. The average molecular weight is 391 g/mol. The largest absolute Gasteiger partial charge is 0.342 e. The number of fused-ring (bicyclic) bond motifs is 1. The lowest BCUT2D eigenvalue weighted by molar-refractivity contribution is 0.484. The minimum Gasteiger partial charge on any atom is -0.342 e. The molecule has 0 amide bonds. The molecular formula is C21H22FN7. The SMILES string of the molecule is Cc1nn(C)cc1-c1ccnc(N2CCC(c3nc4ccc(F)cc4[nH]3)CC2)n1. The summed E-state index contributed by atoms with van der Waals surface area (Å²) < 4.78 is 15.2. The van der Waals surface area contributed by atoms with Gasteiger partial charge in [-0.25, -0.2) is 19.3 Å². The summed E-state index contributed by atoms with van der Waals surface area (Å²) in [6.45, 7) is 3.69. The molecule has 4 heterocycles. The Morgan fingerprint density at radius 3 is 2.72 bits per heavy atom. The Bertz CT molecular complexity index is 1170. The smallest absolute Gasteiger partial charge is 0.225 e. The van der Waals surface area contributed by atoms with Gasteiger partial charge in [-0.15, -0.1) is 0 Å². The molecule has 148 valence electrons. The minimum atomic E-state index is -0.247. The number of nitrogens with zero attached hydrogens (tertiary/aromatic N) is 6. The lowest BCUT2D eigenvalue weighted by Crippen LogP contribution is -2.34. The number of aromatic nitrogens is 6. The second-order valence-corrected chi connectivity index (χ2v) is 7.59. The molecule has 1 N–H and O–H groups in total. The highest BCUT2D eigenvalue weighted by Crippen LogP contribution is 2.30. The maximum Gasteiger partial charge on any atom is 0.225 e. The third-order valence-corrected chi connectivity index (χ3v) is 5.56. The molecule has 1 aliphatic heterocycles. The molecule has 1 aromatic carbocycles. The van der Waals surface area contributed by atoms with Crippen molar-refractivity contribution < 1.29 is 4.39 Å². The predicted molar refractivity (Wildman–Crippen MR) is 109 cm³/mol. The van der Waals surface area contributed by atoms with Crippen LogP contribution in [-0.2, 0) is 7.05 Å². The normalized spacial score (nSPS) is 15.3. The third-order valence-electron chi connectivity index (χ3n) is 5.56. The maximum absolute atomic E-state index is 13.4. The summed E-state index contributed by atoms with van der Waals surface area (Å²) in [5.41, 5.74) is 4.44. The first-order valence-corrected chi connectivity index (χ1v) is 9.80. The second-order valence-electron chi connectivity index (χ2n) is 7.59. The van der Waals surface area contributed by atoms with E-state index in [1.807, 2.05) is 32.4 Å². The number of benzene rings is 1. The molecule has 0 unspecified atom stereocenters. The quantitative estimate of drug-likeness (QED) is 0.578. The van der Waals surface area contributed by atoms with E-state index in [2.05, 4.69) is 25.0 Å². The number of hydrogen-bond donors (Lipinski definition) is 1. The van der Waals surface area contributed by atoms with Gasteiger partial charge in [0.1, 0.15) is 11.6 Å². The van der Waals surface area contributed by atoms with E-state index in [1.54, 1.807) is 10.7 Å². The molecule has 1 fully saturated rings. The third kappa shape index (κ3) is 3.35. The van der Waals surface area contributed by atoms with E-state index < -0.39 is 0 Å². The van der Waals surface area contributed by atoms with E-state index in [9.17, 15) is 4.39 Å². The van der Waals surface area contributed by atoms with Crippen LogP contribution >= 0.6 is 0 Å². The number of H-pyrrole nitrogens is 1. The van der Waals surface area contributed by atoms with Gasteiger partial charge in [-0.1, -0.05) is 0 Å². The highest BCUT2D eigenvalue weighted by atomic mass is 19.1.